The number of halogens is 2. The molecule has 2 N–H and O–H groups in total. The largest absolute Gasteiger partial charge is 0.361 e. The number of amides is 2. The molecule has 2 aromatic heterocycles. The van der Waals surface area contributed by atoms with Gasteiger partial charge in [0.2, 0.25) is 0 Å². The summed E-state index contributed by atoms with van der Waals surface area (Å²) in [5.41, 5.74) is 1.25. The van der Waals surface area contributed by atoms with Crippen molar-refractivity contribution in [2.24, 2.45) is 0 Å². The van der Waals surface area contributed by atoms with Crippen molar-refractivity contribution in [1.82, 2.24) is 14.9 Å². The van der Waals surface area contributed by atoms with Crippen LogP contribution in [-0.4, -0.2) is 40.5 Å². The number of rotatable bonds is 8. The fourth-order valence-corrected chi connectivity index (χ4v) is 3.60. The molecule has 2 heterocycles. The van der Waals surface area contributed by atoms with Crippen LogP contribution in [0.2, 0.25) is 0 Å². The Bertz CT molecular complexity index is 946. The van der Waals surface area contributed by atoms with Crippen molar-refractivity contribution >= 4 is 28.2 Å². The first-order valence-corrected chi connectivity index (χ1v) is 10.4. The first-order chi connectivity index (χ1) is 14.5. The zero-order valence-corrected chi connectivity index (χ0v) is 17.5. The summed E-state index contributed by atoms with van der Waals surface area (Å²) in [6.07, 6.45) is 4.80. The number of hydrogen-bond acceptors (Lipinski definition) is 5. The van der Waals surface area contributed by atoms with Crippen molar-refractivity contribution in [1.29, 1.82) is 0 Å². The van der Waals surface area contributed by atoms with Gasteiger partial charge in [-0.15, -0.1) is 11.3 Å². The number of thiazole rings is 1. The fraction of sp³-hybridized carbons (Fsp3) is 0.286. The molecule has 0 radical (unpaired) electrons. The van der Waals surface area contributed by atoms with Gasteiger partial charge in [0.25, 0.3) is 0 Å². The lowest BCUT2D eigenvalue weighted by Crippen LogP contribution is -2.40. The van der Waals surface area contributed by atoms with Gasteiger partial charge in [0.1, 0.15) is 11.6 Å². The Morgan fingerprint density at radius 3 is 2.57 bits per heavy atom. The molecule has 1 aromatic carbocycles. The smallest absolute Gasteiger partial charge is 0.321 e. The van der Waals surface area contributed by atoms with Crippen LogP contribution in [0.25, 0.3) is 11.3 Å². The first-order valence-electron chi connectivity index (χ1n) is 9.56. The van der Waals surface area contributed by atoms with Crippen LogP contribution in [0.3, 0.4) is 0 Å². The van der Waals surface area contributed by atoms with Gasteiger partial charge < -0.3 is 15.5 Å². The van der Waals surface area contributed by atoms with Crippen molar-refractivity contribution in [3.05, 3.63) is 59.7 Å². The molecule has 3 aromatic rings. The molecule has 0 aliphatic carbocycles. The highest BCUT2D eigenvalue weighted by molar-refractivity contribution is 7.13. The highest BCUT2D eigenvalue weighted by atomic mass is 32.1. The second kappa shape index (κ2) is 10.1. The molecule has 0 saturated carbocycles. The van der Waals surface area contributed by atoms with Crippen LogP contribution < -0.4 is 10.6 Å². The van der Waals surface area contributed by atoms with Gasteiger partial charge in [-0.1, -0.05) is 6.92 Å². The third kappa shape index (κ3) is 5.73. The van der Waals surface area contributed by atoms with Crippen LogP contribution in [0.1, 0.15) is 19.8 Å². The summed E-state index contributed by atoms with van der Waals surface area (Å²) in [4.78, 5) is 22.7. The van der Waals surface area contributed by atoms with Gasteiger partial charge >= 0.3 is 6.03 Å². The second-order valence-corrected chi connectivity index (χ2v) is 7.64. The Morgan fingerprint density at radius 2 is 1.97 bits per heavy atom. The molecule has 3 rings (SSSR count). The number of benzene rings is 1. The number of nitrogens with zero attached hydrogens (tertiary/aromatic N) is 3. The minimum absolute atomic E-state index is 0.0555. The molecule has 1 unspecified atom stereocenters. The summed E-state index contributed by atoms with van der Waals surface area (Å²) in [7, 11) is 1.75. The maximum absolute atomic E-state index is 13.4. The van der Waals surface area contributed by atoms with E-state index in [1.165, 1.54) is 29.7 Å². The quantitative estimate of drug-likeness (QED) is 0.513. The number of urea groups is 1. The molecular formula is C21H23F2N5OS. The molecule has 1 atom stereocenters. The van der Waals surface area contributed by atoms with E-state index >= 15 is 0 Å². The van der Waals surface area contributed by atoms with E-state index in [1.54, 1.807) is 30.3 Å². The summed E-state index contributed by atoms with van der Waals surface area (Å²) in [6, 6.07) is 6.31. The van der Waals surface area contributed by atoms with Crippen LogP contribution in [-0.2, 0) is 0 Å². The third-order valence-corrected chi connectivity index (χ3v) is 5.43. The lowest BCUT2D eigenvalue weighted by Gasteiger charge is -2.27. The summed E-state index contributed by atoms with van der Waals surface area (Å²) >= 11 is 1.54. The van der Waals surface area contributed by atoms with E-state index in [2.05, 4.69) is 20.6 Å². The van der Waals surface area contributed by atoms with Gasteiger partial charge in [-0.2, -0.15) is 0 Å². The summed E-state index contributed by atoms with van der Waals surface area (Å²) in [6.45, 7) is 2.75. The zero-order valence-electron chi connectivity index (χ0n) is 16.7. The number of carbonyl (C=O) groups excluding carboxylic acids is 1. The zero-order chi connectivity index (χ0) is 21.5. The third-order valence-electron chi connectivity index (χ3n) is 4.70. The molecule has 6 nitrogen and oxygen atoms in total. The van der Waals surface area contributed by atoms with Gasteiger partial charge in [-0.3, -0.25) is 4.98 Å². The number of carbonyl (C=O) groups is 1. The molecule has 0 aliphatic rings. The van der Waals surface area contributed by atoms with Crippen LogP contribution in [0.5, 0.6) is 0 Å². The van der Waals surface area contributed by atoms with Crippen molar-refractivity contribution in [2.75, 3.05) is 24.2 Å². The average molecular weight is 432 g/mol. The van der Waals surface area contributed by atoms with Gasteiger partial charge in [-0.05, 0) is 37.1 Å². The van der Waals surface area contributed by atoms with Gasteiger partial charge in [0, 0.05) is 42.8 Å². The summed E-state index contributed by atoms with van der Waals surface area (Å²) < 4.78 is 26.8. The van der Waals surface area contributed by atoms with Gasteiger partial charge in [0.05, 0.1) is 17.6 Å². The summed E-state index contributed by atoms with van der Waals surface area (Å²) in [5, 5.41) is 8.82. The molecule has 2 amide bonds. The normalized spacial score (nSPS) is 11.7. The molecule has 158 valence electrons. The summed E-state index contributed by atoms with van der Waals surface area (Å²) in [5.74, 6) is -1.33. The van der Waals surface area contributed by atoms with E-state index in [0.717, 1.165) is 24.0 Å². The molecular weight excluding hydrogens is 408 g/mol. The average Bonchev–Trinajstić information content (AvgIpc) is 3.24. The second-order valence-electron chi connectivity index (χ2n) is 6.75. The Balaban J connectivity index is 1.57. The monoisotopic (exact) mass is 431 g/mol. The SMILES string of the molecule is CCC(CCNc1nccs1)N(C)C(=O)Nc1ccc(-c2cc(F)cc(F)c2)nc1. The van der Waals surface area contributed by atoms with E-state index in [0.29, 0.717) is 23.5 Å². The minimum Gasteiger partial charge on any atom is -0.361 e. The molecule has 9 heteroatoms. The van der Waals surface area contributed by atoms with E-state index in [-0.39, 0.29) is 12.1 Å². The van der Waals surface area contributed by atoms with Crippen LogP contribution in [0.15, 0.2) is 48.1 Å². The van der Waals surface area contributed by atoms with E-state index in [4.69, 9.17) is 0 Å². The van der Waals surface area contributed by atoms with Crippen LogP contribution >= 0.6 is 11.3 Å². The van der Waals surface area contributed by atoms with Gasteiger partial charge in [-0.25, -0.2) is 18.6 Å². The topological polar surface area (TPSA) is 70.2 Å². The molecule has 0 aliphatic heterocycles. The number of nitrogens with one attached hydrogen (secondary N) is 2. The predicted octanol–water partition coefficient (Wildman–Crippen LogP) is 5.23. The molecule has 0 fully saturated rings. The van der Waals surface area contributed by atoms with Crippen molar-refractivity contribution in [3.8, 4) is 11.3 Å². The molecule has 0 bridgehead atoms. The first kappa shape index (κ1) is 21.6. The highest BCUT2D eigenvalue weighted by Gasteiger charge is 2.18. The maximum Gasteiger partial charge on any atom is 0.321 e. The lowest BCUT2D eigenvalue weighted by atomic mass is 10.1. The number of pyridine rings is 1. The van der Waals surface area contributed by atoms with Gasteiger partial charge in [0.15, 0.2) is 5.13 Å². The molecule has 30 heavy (non-hydrogen) atoms. The van der Waals surface area contributed by atoms with E-state index < -0.39 is 11.6 Å². The lowest BCUT2D eigenvalue weighted by molar-refractivity contribution is 0.199. The van der Waals surface area contributed by atoms with Crippen LogP contribution in [0, 0.1) is 11.6 Å². The van der Waals surface area contributed by atoms with Crippen molar-refractivity contribution in [2.45, 2.75) is 25.8 Å². The van der Waals surface area contributed by atoms with Crippen molar-refractivity contribution < 1.29 is 13.6 Å². The Morgan fingerprint density at radius 1 is 1.20 bits per heavy atom. The minimum atomic E-state index is -0.666. The number of hydrogen-bond donors (Lipinski definition) is 2. The standard InChI is InChI=1S/C21H23F2N5OS/c1-3-18(6-7-24-20-25-8-9-30-20)28(2)21(29)27-17-4-5-19(26-13-17)14-10-15(22)12-16(23)11-14/h4-5,8-13,18H,3,6-7H2,1-2H3,(H,24,25)(H,27,29). The maximum atomic E-state index is 13.4. The predicted molar refractivity (Wildman–Crippen MR) is 116 cm³/mol. The Hall–Kier alpha value is -3.07. The van der Waals surface area contributed by atoms with E-state index in [9.17, 15) is 13.6 Å². The molecule has 0 saturated heterocycles. The van der Waals surface area contributed by atoms with Crippen molar-refractivity contribution in [3.63, 3.8) is 0 Å². The molecule has 0 spiro atoms. The number of anilines is 2. The fourth-order valence-electron chi connectivity index (χ4n) is 3.05. The van der Waals surface area contributed by atoms with E-state index in [1.807, 2.05) is 12.3 Å². The van der Waals surface area contributed by atoms with Crippen LogP contribution in [0.4, 0.5) is 24.4 Å². The number of aromatic nitrogens is 2. The highest BCUT2D eigenvalue weighted by Crippen LogP contribution is 2.21. The Labute approximate surface area is 178 Å². The Kier molecular flexibility index (Phi) is 7.29.